The van der Waals surface area contributed by atoms with Gasteiger partial charge in [-0.2, -0.15) is 0 Å². The van der Waals surface area contributed by atoms with Gasteiger partial charge in [-0.15, -0.1) is 5.10 Å². The minimum absolute atomic E-state index is 0.125. The van der Waals surface area contributed by atoms with Gasteiger partial charge in [-0.25, -0.2) is 9.49 Å². The number of hydrogen-bond acceptors (Lipinski definition) is 6. The molecule has 1 aliphatic carbocycles. The topological polar surface area (TPSA) is 115 Å². The number of nitrogen functional groups attached to an aromatic ring is 1. The van der Waals surface area contributed by atoms with E-state index >= 15 is 4.39 Å². The van der Waals surface area contributed by atoms with Crippen LogP contribution in [0.25, 0.3) is 22.3 Å². The Bertz CT molecular complexity index is 1280. The van der Waals surface area contributed by atoms with Gasteiger partial charge in [0.1, 0.15) is 0 Å². The second-order valence-corrected chi connectivity index (χ2v) is 7.46. The molecule has 152 valence electrons. The van der Waals surface area contributed by atoms with Gasteiger partial charge in [0.2, 0.25) is 5.43 Å². The molecule has 30 heavy (non-hydrogen) atoms. The summed E-state index contributed by atoms with van der Waals surface area (Å²) in [6.07, 6.45) is 2.58. The molecule has 0 aliphatic heterocycles. The number of fused-ring (bicyclic) bond motifs is 1. The van der Waals surface area contributed by atoms with E-state index in [4.69, 9.17) is 5.73 Å². The molecule has 4 N–H and O–H groups in total. The first-order chi connectivity index (χ1) is 14.6. The van der Waals surface area contributed by atoms with Crippen LogP contribution in [0, 0.1) is 5.82 Å². The third-order valence-electron chi connectivity index (χ3n) is 5.65. The van der Waals surface area contributed by atoms with Gasteiger partial charge in [-0.3, -0.25) is 4.79 Å². The Balaban J connectivity index is 1.58. The van der Waals surface area contributed by atoms with Gasteiger partial charge < -0.3 is 15.6 Å². The van der Waals surface area contributed by atoms with E-state index in [0.717, 1.165) is 6.42 Å². The van der Waals surface area contributed by atoms with Crippen LogP contribution < -0.4 is 16.5 Å². The van der Waals surface area contributed by atoms with E-state index in [1.54, 1.807) is 12.3 Å². The summed E-state index contributed by atoms with van der Waals surface area (Å²) in [6.45, 7) is 2.50. The number of anilines is 2. The van der Waals surface area contributed by atoms with Crippen molar-refractivity contribution >= 4 is 22.3 Å². The predicted molar refractivity (Wildman–Crippen MR) is 113 cm³/mol. The Morgan fingerprint density at radius 3 is 2.83 bits per heavy atom. The van der Waals surface area contributed by atoms with Crippen LogP contribution in [-0.4, -0.2) is 31.2 Å². The summed E-state index contributed by atoms with van der Waals surface area (Å²) < 4.78 is 17.0. The summed E-state index contributed by atoms with van der Waals surface area (Å²) in [7, 11) is 0. The van der Waals surface area contributed by atoms with Gasteiger partial charge in [0.05, 0.1) is 27.8 Å². The highest BCUT2D eigenvalue weighted by Gasteiger charge is 2.39. The zero-order valence-electron chi connectivity index (χ0n) is 16.3. The van der Waals surface area contributed by atoms with E-state index in [0.29, 0.717) is 23.7 Å². The quantitative estimate of drug-likeness (QED) is 0.440. The summed E-state index contributed by atoms with van der Waals surface area (Å²) in [5.74, 6) is -0.0687. The average Bonchev–Trinajstić information content (AvgIpc) is 3.31. The molecule has 2 aromatic carbocycles. The number of H-pyrrole nitrogens is 1. The van der Waals surface area contributed by atoms with E-state index in [-0.39, 0.29) is 28.5 Å². The molecule has 0 spiro atoms. The number of benzene rings is 2. The van der Waals surface area contributed by atoms with Crippen LogP contribution in [0.4, 0.5) is 15.8 Å². The number of aromatic amines is 1. The molecular weight excluding hydrogens is 385 g/mol. The van der Waals surface area contributed by atoms with Crippen molar-refractivity contribution in [2.24, 2.45) is 0 Å². The molecule has 0 unspecified atom stereocenters. The first-order valence-electron chi connectivity index (χ1n) is 9.79. The molecule has 0 amide bonds. The lowest BCUT2D eigenvalue weighted by Gasteiger charge is -2.16. The van der Waals surface area contributed by atoms with Crippen molar-refractivity contribution in [1.82, 2.24) is 25.2 Å². The lowest BCUT2D eigenvalue weighted by Crippen LogP contribution is -2.16. The molecule has 9 heteroatoms. The summed E-state index contributed by atoms with van der Waals surface area (Å²) in [4.78, 5) is 13.1. The van der Waals surface area contributed by atoms with Crippen molar-refractivity contribution in [2.45, 2.75) is 31.8 Å². The highest BCUT2D eigenvalue weighted by Crippen LogP contribution is 2.43. The molecule has 0 radical (unpaired) electrons. The van der Waals surface area contributed by atoms with Crippen molar-refractivity contribution in [1.29, 1.82) is 0 Å². The van der Waals surface area contributed by atoms with E-state index in [9.17, 15) is 4.79 Å². The Morgan fingerprint density at radius 1 is 1.33 bits per heavy atom. The number of nitrogens with one attached hydrogen (secondary N) is 2. The molecule has 1 aliphatic rings. The molecule has 1 saturated carbocycles. The van der Waals surface area contributed by atoms with E-state index in [2.05, 4.69) is 38.1 Å². The summed E-state index contributed by atoms with van der Waals surface area (Å²) in [6, 6.07) is 11.9. The van der Waals surface area contributed by atoms with E-state index < -0.39 is 11.2 Å². The van der Waals surface area contributed by atoms with Crippen LogP contribution in [0.5, 0.6) is 0 Å². The Labute approximate surface area is 170 Å². The third-order valence-corrected chi connectivity index (χ3v) is 5.65. The van der Waals surface area contributed by atoms with Crippen LogP contribution in [0.15, 0.2) is 47.4 Å². The smallest absolute Gasteiger partial charge is 0.202 e. The van der Waals surface area contributed by atoms with Crippen molar-refractivity contribution in [3.63, 3.8) is 0 Å². The molecule has 2 atom stereocenters. The molecule has 5 rings (SSSR count). The summed E-state index contributed by atoms with van der Waals surface area (Å²) in [5, 5.41) is 16.8. The molecular formula is C21H20FN7O. The maximum absolute atomic E-state index is 15.2. The zero-order valence-corrected chi connectivity index (χ0v) is 16.3. The van der Waals surface area contributed by atoms with Crippen molar-refractivity contribution in [2.75, 3.05) is 11.1 Å². The Hall–Kier alpha value is -3.75. The molecule has 2 aromatic heterocycles. The normalized spacial score (nSPS) is 17.9. The van der Waals surface area contributed by atoms with Gasteiger partial charge in [-0.05, 0) is 35.4 Å². The van der Waals surface area contributed by atoms with Gasteiger partial charge in [-0.1, -0.05) is 30.3 Å². The summed E-state index contributed by atoms with van der Waals surface area (Å²) in [5.41, 5.74) is 7.87. The number of aryl methyl sites for hydroxylation is 1. The number of halogens is 1. The molecule has 8 nitrogen and oxygen atoms in total. The fraction of sp³-hybridized carbons (Fsp3) is 0.238. The largest absolute Gasteiger partial charge is 0.396 e. The average molecular weight is 405 g/mol. The molecule has 0 saturated heterocycles. The number of tetrazole rings is 1. The van der Waals surface area contributed by atoms with Gasteiger partial charge in [0.15, 0.2) is 11.6 Å². The number of nitrogens with zero attached hydrogens (tertiary/aromatic N) is 4. The molecule has 2 heterocycles. The van der Waals surface area contributed by atoms with Crippen LogP contribution in [-0.2, 0) is 6.54 Å². The second kappa shape index (κ2) is 6.94. The standard InChI is InChI=1S/C21H20FN7O/c1-2-29-10-13(21-25-27-28-26-21)20(30)17-16(29)9-15(18(22)19(17)23)24-14-8-12(14)11-6-4-3-5-7-11/h3-7,9-10,12,14,24H,2,8,23H2,1H3,(H,25,26,27,28)/t12-,14+/m0/s1. The first-order valence-corrected chi connectivity index (χ1v) is 9.79. The van der Waals surface area contributed by atoms with Gasteiger partial charge >= 0.3 is 0 Å². The monoisotopic (exact) mass is 405 g/mol. The highest BCUT2D eigenvalue weighted by molar-refractivity contribution is 5.96. The second-order valence-electron chi connectivity index (χ2n) is 7.46. The van der Waals surface area contributed by atoms with Crippen molar-refractivity contribution < 1.29 is 4.39 Å². The van der Waals surface area contributed by atoms with Crippen LogP contribution in [0.2, 0.25) is 0 Å². The number of pyridine rings is 1. The van der Waals surface area contributed by atoms with E-state index in [1.165, 1.54) is 5.56 Å². The van der Waals surface area contributed by atoms with Crippen LogP contribution in [0.3, 0.4) is 0 Å². The summed E-state index contributed by atoms with van der Waals surface area (Å²) >= 11 is 0. The number of hydrogen-bond donors (Lipinski definition) is 3. The van der Waals surface area contributed by atoms with Crippen LogP contribution in [0.1, 0.15) is 24.8 Å². The fourth-order valence-corrected chi connectivity index (χ4v) is 3.98. The number of rotatable bonds is 5. The van der Waals surface area contributed by atoms with Crippen molar-refractivity contribution in [3.8, 4) is 11.4 Å². The molecule has 4 aromatic rings. The SMILES string of the molecule is CCn1cc(-c2nnn[nH]2)c(=O)c2c(N)c(F)c(N[C@@H]3C[C@H]3c3ccccc3)cc21. The molecule has 0 bridgehead atoms. The van der Waals surface area contributed by atoms with Crippen LogP contribution >= 0.6 is 0 Å². The lowest BCUT2D eigenvalue weighted by molar-refractivity contribution is 0.635. The zero-order chi connectivity index (χ0) is 20.8. The predicted octanol–water partition coefficient (Wildman–Crippen LogP) is 2.89. The minimum Gasteiger partial charge on any atom is -0.396 e. The van der Waals surface area contributed by atoms with Gasteiger partial charge in [0, 0.05) is 24.7 Å². The lowest BCUT2D eigenvalue weighted by atomic mass is 10.1. The highest BCUT2D eigenvalue weighted by atomic mass is 19.1. The number of nitrogens with two attached hydrogens (primary N) is 1. The molecule has 1 fully saturated rings. The Kier molecular flexibility index (Phi) is 4.23. The first kappa shape index (κ1) is 18.3. The fourth-order valence-electron chi connectivity index (χ4n) is 3.98. The number of aromatic nitrogens is 5. The maximum atomic E-state index is 15.2. The van der Waals surface area contributed by atoms with Crippen molar-refractivity contribution in [3.05, 3.63) is 64.2 Å². The Morgan fingerprint density at radius 2 is 2.13 bits per heavy atom. The maximum Gasteiger partial charge on any atom is 0.202 e. The van der Waals surface area contributed by atoms with E-state index in [1.807, 2.05) is 29.7 Å². The minimum atomic E-state index is -0.617. The van der Waals surface area contributed by atoms with Gasteiger partial charge in [0.25, 0.3) is 0 Å². The third kappa shape index (κ3) is 2.90.